The average Bonchev–Trinajstić information content (AvgIpc) is 2.71. The van der Waals surface area contributed by atoms with E-state index < -0.39 is 23.4 Å². The third kappa shape index (κ3) is 5.30. The van der Waals surface area contributed by atoms with E-state index >= 15 is 0 Å². The first-order valence-electron chi connectivity index (χ1n) is 10.8. The maximum Gasteiger partial charge on any atom is 0.314 e. The predicted molar refractivity (Wildman–Crippen MR) is 102 cm³/mol. The molecule has 0 spiro atoms. The maximum atomic E-state index is 13.3. The monoisotopic (exact) mass is 396 g/mol. The summed E-state index contributed by atoms with van der Waals surface area (Å²) in [5, 5.41) is 0. The number of hydrogen-bond donors (Lipinski definition) is 0. The van der Waals surface area contributed by atoms with Crippen LogP contribution in [0.15, 0.2) is 12.1 Å². The lowest BCUT2D eigenvalue weighted by atomic mass is 9.68. The molecule has 3 rings (SSSR count). The van der Waals surface area contributed by atoms with Gasteiger partial charge in [-0.05, 0) is 56.3 Å². The van der Waals surface area contributed by atoms with Crippen LogP contribution in [0.2, 0.25) is 0 Å². The molecule has 0 saturated heterocycles. The normalized spacial score (nSPS) is 28.1. The van der Waals surface area contributed by atoms with Crippen molar-refractivity contribution in [3.05, 3.63) is 29.6 Å². The molecule has 2 aliphatic carbocycles. The van der Waals surface area contributed by atoms with Crippen LogP contribution in [-0.2, 0) is 4.79 Å². The zero-order valence-corrected chi connectivity index (χ0v) is 16.7. The Morgan fingerprint density at radius 3 is 2.00 bits per heavy atom. The molecule has 0 unspecified atom stereocenters. The fourth-order valence-electron chi connectivity index (χ4n) is 5.06. The van der Waals surface area contributed by atoms with Crippen LogP contribution >= 0.6 is 0 Å². The minimum absolute atomic E-state index is 0.242. The first-order valence-corrected chi connectivity index (χ1v) is 10.8. The summed E-state index contributed by atoms with van der Waals surface area (Å²) in [6, 6.07) is 1.44. The molecule has 0 heterocycles. The van der Waals surface area contributed by atoms with Gasteiger partial charge in [0.25, 0.3) is 0 Å². The van der Waals surface area contributed by atoms with Crippen molar-refractivity contribution in [3.63, 3.8) is 0 Å². The molecule has 0 N–H and O–H groups in total. The number of halogens is 3. The molecule has 0 bridgehead atoms. The Balaban J connectivity index is 1.44. The van der Waals surface area contributed by atoms with Crippen LogP contribution in [0.25, 0.3) is 0 Å². The Labute approximate surface area is 165 Å². The van der Waals surface area contributed by atoms with Gasteiger partial charge in [-0.15, -0.1) is 0 Å². The molecule has 28 heavy (non-hydrogen) atoms. The average molecular weight is 396 g/mol. The molecule has 0 radical (unpaired) electrons. The summed E-state index contributed by atoms with van der Waals surface area (Å²) < 4.78 is 44.7. The van der Waals surface area contributed by atoms with Gasteiger partial charge in [0.1, 0.15) is 5.75 Å². The Bertz CT molecular complexity index is 637. The first kappa shape index (κ1) is 21.2. The minimum Gasteiger partial charge on any atom is -0.426 e. The number of esters is 1. The standard InChI is InChI=1S/C23H31F3O2/c1-2-3-4-15-5-7-16(8-6-15)17-9-11-18(12-10-17)23(27)28-19-13-20(24)22(26)21(25)14-19/h13-18H,2-12H2,1H3. The highest BCUT2D eigenvalue weighted by Gasteiger charge is 2.33. The van der Waals surface area contributed by atoms with Crippen molar-refractivity contribution in [2.24, 2.45) is 23.7 Å². The fourth-order valence-corrected chi connectivity index (χ4v) is 5.06. The summed E-state index contributed by atoms with van der Waals surface area (Å²) in [5.74, 6) is -2.87. The van der Waals surface area contributed by atoms with Crippen LogP contribution < -0.4 is 4.74 Å². The van der Waals surface area contributed by atoms with Gasteiger partial charge in [0.15, 0.2) is 17.5 Å². The van der Waals surface area contributed by atoms with Gasteiger partial charge in [-0.1, -0.05) is 39.0 Å². The molecule has 0 aliphatic heterocycles. The molecule has 1 aromatic carbocycles. The van der Waals surface area contributed by atoms with Crippen LogP contribution in [-0.4, -0.2) is 5.97 Å². The first-order chi connectivity index (χ1) is 13.5. The van der Waals surface area contributed by atoms with E-state index in [1.165, 1.54) is 44.9 Å². The van der Waals surface area contributed by atoms with Gasteiger partial charge < -0.3 is 4.74 Å². The number of carbonyl (C=O) groups excluding carboxylic acids is 1. The highest BCUT2D eigenvalue weighted by atomic mass is 19.2. The Hall–Kier alpha value is -1.52. The van der Waals surface area contributed by atoms with Crippen LogP contribution in [0.4, 0.5) is 13.2 Å². The second-order valence-corrected chi connectivity index (χ2v) is 8.66. The number of ether oxygens (including phenoxy) is 1. The molecule has 0 amide bonds. The molecule has 5 heteroatoms. The molecule has 2 fully saturated rings. The van der Waals surface area contributed by atoms with Gasteiger partial charge in [0.05, 0.1) is 5.92 Å². The Morgan fingerprint density at radius 1 is 0.929 bits per heavy atom. The van der Waals surface area contributed by atoms with Crippen molar-refractivity contribution in [1.82, 2.24) is 0 Å². The van der Waals surface area contributed by atoms with Crippen molar-refractivity contribution in [2.75, 3.05) is 0 Å². The van der Waals surface area contributed by atoms with Crippen molar-refractivity contribution < 1.29 is 22.7 Å². The second-order valence-electron chi connectivity index (χ2n) is 8.66. The van der Waals surface area contributed by atoms with E-state index in [1.54, 1.807) is 0 Å². The van der Waals surface area contributed by atoms with Crippen LogP contribution in [0.1, 0.15) is 77.6 Å². The number of benzene rings is 1. The lowest BCUT2D eigenvalue weighted by molar-refractivity contribution is -0.140. The van der Waals surface area contributed by atoms with Gasteiger partial charge in [-0.3, -0.25) is 4.79 Å². The molecule has 2 nitrogen and oxygen atoms in total. The SMILES string of the molecule is CCCCC1CCC(C2CCC(C(=O)Oc3cc(F)c(F)c(F)c3)CC2)CC1. The van der Waals surface area contributed by atoms with Crippen molar-refractivity contribution in [1.29, 1.82) is 0 Å². The van der Waals surface area contributed by atoms with Gasteiger partial charge >= 0.3 is 5.97 Å². The number of rotatable bonds is 6. The third-order valence-electron chi connectivity index (χ3n) is 6.80. The van der Waals surface area contributed by atoms with Crippen molar-refractivity contribution in [3.8, 4) is 5.75 Å². The highest BCUT2D eigenvalue weighted by Crippen LogP contribution is 2.42. The quantitative estimate of drug-likeness (QED) is 0.300. The lowest BCUT2D eigenvalue weighted by Crippen LogP contribution is -2.30. The minimum atomic E-state index is -1.55. The van der Waals surface area contributed by atoms with E-state index in [4.69, 9.17) is 4.74 Å². The molecular weight excluding hydrogens is 365 g/mol. The molecule has 2 aliphatic rings. The summed E-state index contributed by atoms with van der Waals surface area (Å²) in [4.78, 5) is 12.3. The highest BCUT2D eigenvalue weighted by molar-refractivity contribution is 5.75. The third-order valence-corrected chi connectivity index (χ3v) is 6.80. The second kappa shape index (κ2) is 9.80. The fraction of sp³-hybridized carbons (Fsp3) is 0.696. The molecule has 2 saturated carbocycles. The molecular formula is C23H31F3O2. The number of unbranched alkanes of at least 4 members (excludes halogenated alkanes) is 1. The number of hydrogen-bond acceptors (Lipinski definition) is 2. The zero-order valence-electron chi connectivity index (χ0n) is 16.7. The van der Waals surface area contributed by atoms with Crippen molar-refractivity contribution >= 4 is 5.97 Å². The Morgan fingerprint density at radius 2 is 1.46 bits per heavy atom. The van der Waals surface area contributed by atoms with Crippen LogP contribution in [0, 0.1) is 41.1 Å². The largest absolute Gasteiger partial charge is 0.426 e. The smallest absolute Gasteiger partial charge is 0.314 e. The summed E-state index contributed by atoms with van der Waals surface area (Å²) in [7, 11) is 0. The molecule has 0 atom stereocenters. The molecule has 0 aromatic heterocycles. The van der Waals surface area contributed by atoms with Crippen molar-refractivity contribution in [2.45, 2.75) is 77.6 Å². The van der Waals surface area contributed by atoms with Gasteiger partial charge in [0, 0.05) is 12.1 Å². The maximum absolute atomic E-state index is 13.3. The van der Waals surface area contributed by atoms with Crippen LogP contribution in [0.5, 0.6) is 5.75 Å². The molecule has 156 valence electrons. The summed E-state index contributed by atoms with van der Waals surface area (Å²) in [5.41, 5.74) is 0. The van der Waals surface area contributed by atoms with E-state index in [1.807, 2.05) is 0 Å². The summed E-state index contributed by atoms with van der Waals surface area (Å²) in [6.45, 7) is 2.25. The van der Waals surface area contributed by atoms with E-state index in [0.717, 1.165) is 49.7 Å². The van der Waals surface area contributed by atoms with E-state index in [-0.39, 0.29) is 11.7 Å². The predicted octanol–water partition coefficient (Wildman–Crippen LogP) is 6.81. The summed E-state index contributed by atoms with van der Waals surface area (Å²) >= 11 is 0. The topological polar surface area (TPSA) is 26.3 Å². The van der Waals surface area contributed by atoms with Gasteiger partial charge in [0.2, 0.25) is 0 Å². The van der Waals surface area contributed by atoms with Gasteiger partial charge in [-0.25, -0.2) is 13.2 Å². The summed E-state index contributed by atoms with van der Waals surface area (Å²) in [6.07, 6.45) is 12.8. The van der Waals surface area contributed by atoms with Crippen LogP contribution in [0.3, 0.4) is 0 Å². The van der Waals surface area contributed by atoms with E-state index in [2.05, 4.69) is 6.92 Å². The lowest BCUT2D eigenvalue weighted by Gasteiger charge is -2.37. The van der Waals surface area contributed by atoms with Gasteiger partial charge in [-0.2, -0.15) is 0 Å². The molecule has 1 aromatic rings. The Kier molecular flexibility index (Phi) is 7.42. The van der Waals surface area contributed by atoms with E-state index in [0.29, 0.717) is 5.92 Å². The zero-order chi connectivity index (χ0) is 20.1. The number of carbonyl (C=O) groups is 1. The van der Waals surface area contributed by atoms with E-state index in [9.17, 15) is 18.0 Å².